The first-order valence-corrected chi connectivity index (χ1v) is 8.26. The number of hydrogen-bond donors (Lipinski definition) is 0. The molecule has 3 heterocycles. The van der Waals surface area contributed by atoms with Gasteiger partial charge in [0.15, 0.2) is 0 Å². The number of anilines is 1. The summed E-state index contributed by atoms with van der Waals surface area (Å²) in [5.41, 5.74) is 1.96. The minimum absolute atomic E-state index is 0.684. The second-order valence-electron chi connectivity index (χ2n) is 5.24. The van der Waals surface area contributed by atoms with Crippen molar-refractivity contribution in [3.63, 3.8) is 0 Å². The van der Waals surface area contributed by atoms with Gasteiger partial charge in [0.05, 0.1) is 20.3 Å². The quantitative estimate of drug-likeness (QED) is 0.736. The number of rotatable bonds is 3. The number of ether oxygens (including phenoxy) is 2. The maximum atomic E-state index is 5.36. The van der Waals surface area contributed by atoms with Gasteiger partial charge in [0.1, 0.15) is 16.1 Å². The van der Waals surface area contributed by atoms with Crippen LogP contribution in [0.5, 0.6) is 5.75 Å². The summed E-state index contributed by atoms with van der Waals surface area (Å²) in [6.45, 7) is 3.04. The number of benzene rings is 1. The maximum absolute atomic E-state index is 5.36. The van der Waals surface area contributed by atoms with Gasteiger partial charge in [-0.2, -0.15) is 4.98 Å². The molecule has 0 bridgehead atoms. The third kappa shape index (κ3) is 2.85. The Hall–Kier alpha value is -2.25. The molecule has 0 aliphatic carbocycles. The molecule has 6 nitrogen and oxygen atoms in total. The molecule has 0 N–H and O–H groups in total. The second kappa shape index (κ2) is 6.10. The van der Waals surface area contributed by atoms with Gasteiger partial charge in [-0.25, -0.2) is 0 Å². The Kier molecular flexibility index (Phi) is 3.80. The summed E-state index contributed by atoms with van der Waals surface area (Å²) in [7, 11) is 1.67. The van der Waals surface area contributed by atoms with Crippen LogP contribution in [0.1, 0.15) is 0 Å². The SMILES string of the molecule is COc1ccc(-c2cc3nnc(N4CCOCC4)nc3s2)cc1. The summed E-state index contributed by atoms with van der Waals surface area (Å²) in [5, 5.41) is 8.59. The molecule has 1 aliphatic rings. The van der Waals surface area contributed by atoms with Gasteiger partial charge in [0, 0.05) is 18.0 Å². The van der Waals surface area contributed by atoms with Crippen molar-refractivity contribution in [1.82, 2.24) is 15.2 Å². The predicted octanol–water partition coefficient (Wildman–Crippen LogP) is 2.60. The number of methoxy groups -OCH3 is 1. The zero-order valence-corrected chi connectivity index (χ0v) is 13.5. The van der Waals surface area contributed by atoms with Crippen molar-refractivity contribution in [3.8, 4) is 16.2 Å². The fourth-order valence-corrected chi connectivity index (χ4v) is 3.49. The summed E-state index contributed by atoms with van der Waals surface area (Å²) in [5.74, 6) is 1.53. The van der Waals surface area contributed by atoms with E-state index < -0.39 is 0 Å². The van der Waals surface area contributed by atoms with Crippen molar-refractivity contribution in [2.24, 2.45) is 0 Å². The van der Waals surface area contributed by atoms with E-state index in [0.29, 0.717) is 19.2 Å². The van der Waals surface area contributed by atoms with Crippen molar-refractivity contribution in [1.29, 1.82) is 0 Å². The Balaban J connectivity index is 1.66. The molecular formula is C16H16N4O2S. The van der Waals surface area contributed by atoms with Gasteiger partial charge >= 0.3 is 0 Å². The molecule has 0 radical (unpaired) electrons. The molecule has 2 aromatic heterocycles. The van der Waals surface area contributed by atoms with Gasteiger partial charge in [-0.1, -0.05) is 0 Å². The Bertz CT molecular complexity index is 813. The van der Waals surface area contributed by atoms with Gasteiger partial charge in [-0.3, -0.25) is 0 Å². The Morgan fingerprint density at radius 3 is 2.65 bits per heavy atom. The highest BCUT2D eigenvalue weighted by Crippen LogP contribution is 2.32. The van der Waals surface area contributed by atoms with Gasteiger partial charge in [-0.05, 0) is 35.9 Å². The van der Waals surface area contributed by atoms with Crippen LogP contribution in [0.3, 0.4) is 0 Å². The van der Waals surface area contributed by atoms with Crippen molar-refractivity contribution < 1.29 is 9.47 Å². The lowest BCUT2D eigenvalue weighted by atomic mass is 10.2. The van der Waals surface area contributed by atoms with Crippen LogP contribution in [0.2, 0.25) is 0 Å². The van der Waals surface area contributed by atoms with Crippen LogP contribution >= 0.6 is 11.3 Å². The van der Waals surface area contributed by atoms with Crippen LogP contribution in [0.15, 0.2) is 30.3 Å². The van der Waals surface area contributed by atoms with E-state index in [1.54, 1.807) is 18.4 Å². The molecule has 1 aliphatic heterocycles. The van der Waals surface area contributed by atoms with E-state index in [1.807, 2.05) is 30.3 Å². The average Bonchev–Trinajstić information content (AvgIpc) is 3.06. The molecular weight excluding hydrogens is 312 g/mol. The lowest BCUT2D eigenvalue weighted by molar-refractivity contribution is 0.122. The standard InChI is InChI=1S/C16H16N4O2S/c1-21-12-4-2-11(3-5-12)14-10-13-15(23-14)17-16(19-18-13)20-6-8-22-9-7-20/h2-5,10H,6-9H2,1H3. The molecule has 1 aromatic carbocycles. The average molecular weight is 328 g/mol. The topological polar surface area (TPSA) is 60.4 Å². The second-order valence-corrected chi connectivity index (χ2v) is 6.27. The molecule has 23 heavy (non-hydrogen) atoms. The fraction of sp³-hybridized carbons (Fsp3) is 0.312. The van der Waals surface area contributed by atoms with Gasteiger partial charge in [0.25, 0.3) is 0 Å². The van der Waals surface area contributed by atoms with Crippen LogP contribution in [0.4, 0.5) is 5.95 Å². The highest BCUT2D eigenvalue weighted by Gasteiger charge is 2.16. The van der Waals surface area contributed by atoms with E-state index in [0.717, 1.165) is 39.6 Å². The van der Waals surface area contributed by atoms with Gasteiger partial charge < -0.3 is 14.4 Å². The van der Waals surface area contributed by atoms with Crippen molar-refractivity contribution >= 4 is 27.6 Å². The van der Waals surface area contributed by atoms with E-state index in [-0.39, 0.29) is 0 Å². The zero-order valence-electron chi connectivity index (χ0n) is 12.7. The van der Waals surface area contributed by atoms with Crippen molar-refractivity contribution in [2.45, 2.75) is 0 Å². The summed E-state index contributed by atoms with van der Waals surface area (Å²) >= 11 is 1.63. The van der Waals surface area contributed by atoms with Crippen molar-refractivity contribution in [2.75, 3.05) is 38.3 Å². The third-order valence-electron chi connectivity index (χ3n) is 3.81. The number of fused-ring (bicyclic) bond motifs is 1. The van der Waals surface area contributed by atoms with Crippen LogP contribution in [-0.2, 0) is 4.74 Å². The molecule has 1 saturated heterocycles. The molecule has 3 aromatic rings. The first-order chi connectivity index (χ1) is 11.3. The Labute approximate surface area is 137 Å². The lowest BCUT2D eigenvalue weighted by Gasteiger charge is -2.25. The predicted molar refractivity (Wildman–Crippen MR) is 90.2 cm³/mol. The fourth-order valence-electron chi connectivity index (χ4n) is 2.53. The minimum Gasteiger partial charge on any atom is -0.497 e. The molecule has 4 rings (SSSR count). The molecule has 0 atom stereocenters. The molecule has 0 unspecified atom stereocenters. The van der Waals surface area contributed by atoms with E-state index >= 15 is 0 Å². The number of aromatic nitrogens is 3. The molecule has 1 fully saturated rings. The minimum atomic E-state index is 0.684. The van der Waals surface area contributed by atoms with Crippen molar-refractivity contribution in [3.05, 3.63) is 30.3 Å². The van der Waals surface area contributed by atoms with Crippen LogP contribution in [0.25, 0.3) is 20.8 Å². The van der Waals surface area contributed by atoms with Crippen LogP contribution in [0, 0.1) is 0 Å². The highest BCUT2D eigenvalue weighted by molar-refractivity contribution is 7.21. The van der Waals surface area contributed by atoms with E-state index in [2.05, 4.69) is 20.1 Å². The molecule has 0 saturated carbocycles. The number of thiophene rings is 1. The molecule has 0 spiro atoms. The smallest absolute Gasteiger partial charge is 0.246 e. The Morgan fingerprint density at radius 1 is 1.13 bits per heavy atom. The number of morpholine rings is 1. The van der Waals surface area contributed by atoms with Crippen LogP contribution < -0.4 is 9.64 Å². The Morgan fingerprint density at radius 2 is 1.91 bits per heavy atom. The first-order valence-electron chi connectivity index (χ1n) is 7.45. The third-order valence-corrected chi connectivity index (χ3v) is 4.88. The number of nitrogens with zero attached hydrogens (tertiary/aromatic N) is 4. The lowest BCUT2D eigenvalue weighted by Crippen LogP contribution is -2.37. The zero-order chi connectivity index (χ0) is 15.6. The summed E-state index contributed by atoms with van der Waals surface area (Å²) in [4.78, 5) is 8.82. The largest absolute Gasteiger partial charge is 0.497 e. The highest BCUT2D eigenvalue weighted by atomic mass is 32.1. The maximum Gasteiger partial charge on any atom is 0.246 e. The van der Waals surface area contributed by atoms with Crippen LogP contribution in [-0.4, -0.2) is 48.6 Å². The van der Waals surface area contributed by atoms with E-state index in [9.17, 15) is 0 Å². The number of hydrogen-bond acceptors (Lipinski definition) is 7. The molecule has 118 valence electrons. The monoisotopic (exact) mass is 328 g/mol. The van der Waals surface area contributed by atoms with Gasteiger partial charge in [0.2, 0.25) is 5.95 Å². The normalized spacial score (nSPS) is 15.1. The van der Waals surface area contributed by atoms with E-state index in [4.69, 9.17) is 9.47 Å². The summed E-state index contributed by atoms with van der Waals surface area (Å²) in [6, 6.07) is 10.0. The summed E-state index contributed by atoms with van der Waals surface area (Å²) in [6.07, 6.45) is 0. The molecule has 7 heteroatoms. The van der Waals surface area contributed by atoms with Gasteiger partial charge in [-0.15, -0.1) is 21.5 Å². The van der Waals surface area contributed by atoms with E-state index in [1.165, 1.54) is 0 Å². The first kappa shape index (κ1) is 14.3. The molecule has 0 amide bonds. The summed E-state index contributed by atoms with van der Waals surface area (Å²) < 4.78 is 10.6.